The molecule has 3 N–H and O–H groups in total. The average molecular weight is 277 g/mol. The monoisotopic (exact) mass is 277 g/mol. The van der Waals surface area contributed by atoms with Crippen LogP contribution in [0.4, 0.5) is 5.69 Å². The number of amides is 1. The molecule has 1 aromatic rings. The number of aryl methyl sites for hydroxylation is 1. The number of primary amides is 1. The van der Waals surface area contributed by atoms with Crippen LogP contribution in [0.25, 0.3) is 0 Å². The third-order valence-electron chi connectivity index (χ3n) is 3.17. The van der Waals surface area contributed by atoms with Crippen molar-refractivity contribution in [1.29, 1.82) is 0 Å². The minimum absolute atomic E-state index is 0.261. The molecule has 1 rings (SSSR count). The van der Waals surface area contributed by atoms with Gasteiger partial charge in [-0.25, -0.2) is 0 Å². The van der Waals surface area contributed by atoms with E-state index in [2.05, 4.69) is 44.3 Å². The zero-order chi connectivity index (χ0) is 15.1. The van der Waals surface area contributed by atoms with Gasteiger partial charge >= 0.3 is 0 Å². The average Bonchev–Trinajstić information content (AvgIpc) is 2.36. The molecule has 0 aliphatic rings. The molecule has 0 aliphatic heterocycles. The van der Waals surface area contributed by atoms with Gasteiger partial charge < -0.3 is 16.0 Å². The summed E-state index contributed by atoms with van der Waals surface area (Å²) in [5.74, 6) is 0.324. The van der Waals surface area contributed by atoms with Crippen molar-refractivity contribution in [3.05, 3.63) is 29.3 Å². The summed E-state index contributed by atoms with van der Waals surface area (Å²) in [7, 11) is 0. The summed E-state index contributed by atoms with van der Waals surface area (Å²) in [6.45, 7) is 11.3. The number of nitrogens with zero attached hydrogens (tertiary/aromatic N) is 1. The van der Waals surface area contributed by atoms with Crippen LogP contribution in [0.1, 0.15) is 31.9 Å². The molecule has 1 aromatic carbocycles. The molecule has 4 nitrogen and oxygen atoms in total. The van der Waals surface area contributed by atoms with Gasteiger partial charge in [-0.1, -0.05) is 31.5 Å². The summed E-state index contributed by atoms with van der Waals surface area (Å²) in [4.78, 5) is 13.2. The highest BCUT2D eigenvalue weighted by molar-refractivity contribution is 5.80. The Balaban J connectivity index is 2.90. The van der Waals surface area contributed by atoms with Gasteiger partial charge in [-0.3, -0.25) is 4.79 Å². The van der Waals surface area contributed by atoms with Gasteiger partial charge in [0.25, 0.3) is 0 Å². The van der Waals surface area contributed by atoms with Crippen molar-refractivity contribution < 1.29 is 4.79 Å². The molecule has 0 unspecified atom stereocenters. The molecule has 20 heavy (non-hydrogen) atoms. The minimum Gasteiger partial charge on any atom is -0.368 e. The lowest BCUT2D eigenvalue weighted by Crippen LogP contribution is -2.34. The van der Waals surface area contributed by atoms with Gasteiger partial charge in [0.15, 0.2) is 0 Å². The summed E-state index contributed by atoms with van der Waals surface area (Å²) in [5, 5.41) is 3.46. The van der Waals surface area contributed by atoms with Crippen LogP contribution < -0.4 is 16.0 Å². The van der Waals surface area contributed by atoms with Crippen molar-refractivity contribution in [3.63, 3.8) is 0 Å². The van der Waals surface area contributed by atoms with Crippen molar-refractivity contribution in [2.24, 2.45) is 11.7 Å². The molecule has 0 spiro atoms. The molecule has 0 fully saturated rings. The predicted octanol–water partition coefficient (Wildman–Crippen LogP) is 2.05. The zero-order valence-corrected chi connectivity index (χ0v) is 13.1. The van der Waals surface area contributed by atoms with Crippen LogP contribution in [-0.2, 0) is 11.3 Å². The fraction of sp³-hybridized carbons (Fsp3) is 0.562. The number of hydrogen-bond donors (Lipinski definition) is 2. The Labute approximate surface area is 122 Å². The summed E-state index contributed by atoms with van der Waals surface area (Å²) < 4.78 is 0. The van der Waals surface area contributed by atoms with Crippen LogP contribution in [0.15, 0.2) is 18.2 Å². The van der Waals surface area contributed by atoms with E-state index in [1.54, 1.807) is 0 Å². The molecule has 0 saturated carbocycles. The Hall–Kier alpha value is -1.55. The Kier molecular flexibility index (Phi) is 6.52. The highest BCUT2D eigenvalue weighted by Crippen LogP contribution is 2.22. The van der Waals surface area contributed by atoms with E-state index >= 15 is 0 Å². The van der Waals surface area contributed by atoms with Gasteiger partial charge in [0.1, 0.15) is 0 Å². The van der Waals surface area contributed by atoms with Crippen molar-refractivity contribution >= 4 is 11.6 Å². The standard InChI is InChI=1S/C16H27N3O/c1-5-19(11-16(17)20)15-7-6-13(4)8-14(15)10-18-9-12(2)3/h6-8,12,18H,5,9-11H2,1-4H3,(H2,17,20). The van der Waals surface area contributed by atoms with E-state index in [-0.39, 0.29) is 12.5 Å². The SMILES string of the molecule is CCN(CC(N)=O)c1ccc(C)cc1CNCC(C)C. The first-order chi connectivity index (χ1) is 9.43. The van der Waals surface area contributed by atoms with Crippen LogP contribution in [-0.4, -0.2) is 25.5 Å². The van der Waals surface area contributed by atoms with Crippen LogP contribution in [0.3, 0.4) is 0 Å². The van der Waals surface area contributed by atoms with Crippen LogP contribution in [0, 0.1) is 12.8 Å². The van der Waals surface area contributed by atoms with Gasteiger partial charge in [-0.15, -0.1) is 0 Å². The molecule has 0 saturated heterocycles. The molecule has 0 radical (unpaired) electrons. The first-order valence-electron chi connectivity index (χ1n) is 7.27. The molecule has 112 valence electrons. The third kappa shape index (κ3) is 5.21. The maximum Gasteiger partial charge on any atom is 0.236 e. The highest BCUT2D eigenvalue weighted by atomic mass is 16.1. The van der Waals surface area contributed by atoms with Gasteiger partial charge in [0.2, 0.25) is 5.91 Å². The maximum absolute atomic E-state index is 11.2. The molecule has 1 amide bonds. The molecule has 4 heteroatoms. The van der Waals surface area contributed by atoms with Crippen molar-refractivity contribution in [1.82, 2.24) is 5.32 Å². The van der Waals surface area contributed by atoms with Crippen LogP contribution >= 0.6 is 0 Å². The predicted molar refractivity (Wildman–Crippen MR) is 84.8 cm³/mol. The molecular weight excluding hydrogens is 250 g/mol. The number of hydrogen-bond acceptors (Lipinski definition) is 3. The molecule has 0 atom stereocenters. The number of nitrogens with two attached hydrogens (primary N) is 1. The summed E-state index contributed by atoms with van der Waals surface area (Å²) >= 11 is 0. The number of carbonyl (C=O) groups excluding carboxylic acids is 1. The van der Waals surface area contributed by atoms with Gasteiger partial charge in [-0.05, 0) is 37.9 Å². The van der Waals surface area contributed by atoms with Crippen LogP contribution in [0.2, 0.25) is 0 Å². The second kappa shape index (κ2) is 7.90. The van der Waals surface area contributed by atoms with E-state index in [1.165, 1.54) is 11.1 Å². The van der Waals surface area contributed by atoms with Gasteiger partial charge in [0, 0.05) is 18.8 Å². The zero-order valence-electron chi connectivity index (χ0n) is 13.1. The van der Waals surface area contributed by atoms with E-state index in [4.69, 9.17) is 5.73 Å². The second-order valence-electron chi connectivity index (χ2n) is 5.64. The Bertz CT molecular complexity index is 443. The van der Waals surface area contributed by atoms with Gasteiger partial charge in [-0.2, -0.15) is 0 Å². The lowest BCUT2D eigenvalue weighted by Gasteiger charge is -2.25. The number of benzene rings is 1. The highest BCUT2D eigenvalue weighted by Gasteiger charge is 2.12. The number of carbonyl (C=O) groups is 1. The fourth-order valence-corrected chi connectivity index (χ4v) is 2.22. The molecule has 0 bridgehead atoms. The Morgan fingerprint density at radius 3 is 2.65 bits per heavy atom. The first kappa shape index (κ1) is 16.5. The number of rotatable bonds is 8. The van der Waals surface area contributed by atoms with E-state index in [0.29, 0.717) is 5.92 Å². The van der Waals surface area contributed by atoms with E-state index in [9.17, 15) is 4.79 Å². The van der Waals surface area contributed by atoms with Crippen molar-refractivity contribution in [2.75, 3.05) is 24.5 Å². The quantitative estimate of drug-likeness (QED) is 0.764. The third-order valence-corrected chi connectivity index (χ3v) is 3.17. The number of nitrogens with one attached hydrogen (secondary N) is 1. The van der Waals surface area contributed by atoms with Crippen molar-refractivity contribution in [2.45, 2.75) is 34.2 Å². The maximum atomic E-state index is 11.2. The molecule has 0 aliphatic carbocycles. The van der Waals surface area contributed by atoms with Gasteiger partial charge in [0.05, 0.1) is 6.54 Å². The Morgan fingerprint density at radius 1 is 1.40 bits per heavy atom. The largest absolute Gasteiger partial charge is 0.368 e. The minimum atomic E-state index is -0.298. The normalized spacial score (nSPS) is 10.8. The molecular formula is C16H27N3O. The molecule has 0 heterocycles. The van der Waals surface area contributed by atoms with Crippen molar-refractivity contribution in [3.8, 4) is 0 Å². The Morgan fingerprint density at radius 2 is 2.10 bits per heavy atom. The summed E-state index contributed by atoms with van der Waals surface area (Å²) in [5.41, 5.74) is 8.86. The van der Waals surface area contributed by atoms with E-state index in [0.717, 1.165) is 25.3 Å². The fourth-order valence-electron chi connectivity index (χ4n) is 2.22. The number of likely N-dealkylation sites (N-methyl/N-ethyl adjacent to an activating group) is 1. The second-order valence-corrected chi connectivity index (χ2v) is 5.64. The summed E-state index contributed by atoms with van der Waals surface area (Å²) in [6.07, 6.45) is 0. The lowest BCUT2D eigenvalue weighted by atomic mass is 10.1. The van der Waals surface area contributed by atoms with E-state index in [1.807, 2.05) is 11.8 Å². The first-order valence-corrected chi connectivity index (χ1v) is 7.27. The smallest absolute Gasteiger partial charge is 0.236 e. The van der Waals surface area contributed by atoms with E-state index < -0.39 is 0 Å². The van der Waals surface area contributed by atoms with Crippen LogP contribution in [0.5, 0.6) is 0 Å². The topological polar surface area (TPSA) is 58.4 Å². The molecule has 0 aromatic heterocycles. The summed E-state index contributed by atoms with van der Waals surface area (Å²) in [6, 6.07) is 6.32. The lowest BCUT2D eigenvalue weighted by molar-refractivity contribution is -0.116. The number of anilines is 1.